The number of benzene rings is 1. The quantitative estimate of drug-likeness (QED) is 0.582. The van der Waals surface area contributed by atoms with Crippen molar-refractivity contribution in [2.75, 3.05) is 13.7 Å². The fourth-order valence-corrected chi connectivity index (χ4v) is 1.36. The molecule has 19 heavy (non-hydrogen) atoms. The second-order valence-corrected chi connectivity index (χ2v) is 4.61. The van der Waals surface area contributed by atoms with E-state index < -0.39 is 4.92 Å². The number of nitro benzene ring substituents is 1. The molecule has 1 aromatic rings. The predicted molar refractivity (Wildman–Crippen MR) is 69.0 cm³/mol. The lowest BCUT2D eigenvalue weighted by molar-refractivity contribution is -0.385. The fraction of sp³-hybridized carbons (Fsp3) is 0.462. The van der Waals surface area contributed by atoms with Crippen LogP contribution in [0.1, 0.15) is 25.8 Å². The average molecular weight is 264 g/mol. The van der Waals surface area contributed by atoms with E-state index in [1.165, 1.54) is 18.2 Å². The van der Waals surface area contributed by atoms with Gasteiger partial charge in [-0.1, -0.05) is 0 Å². The second kappa shape index (κ2) is 6.16. The Kier molecular flexibility index (Phi) is 4.84. The Morgan fingerprint density at radius 1 is 1.47 bits per heavy atom. The summed E-state index contributed by atoms with van der Waals surface area (Å²) < 4.78 is 10.6. The van der Waals surface area contributed by atoms with Crippen molar-refractivity contribution in [3.8, 4) is 11.8 Å². The van der Waals surface area contributed by atoms with E-state index in [2.05, 4.69) is 0 Å². The Hall–Kier alpha value is -2.13. The summed E-state index contributed by atoms with van der Waals surface area (Å²) in [5.41, 5.74) is -0.313. The van der Waals surface area contributed by atoms with E-state index in [0.29, 0.717) is 13.0 Å². The van der Waals surface area contributed by atoms with Gasteiger partial charge in [-0.25, -0.2) is 0 Å². The third-order valence-electron chi connectivity index (χ3n) is 2.80. The molecule has 0 unspecified atom stereocenters. The molecule has 1 rings (SSSR count). The van der Waals surface area contributed by atoms with Crippen LogP contribution in [0.2, 0.25) is 0 Å². The van der Waals surface area contributed by atoms with E-state index in [4.69, 9.17) is 14.7 Å². The summed E-state index contributed by atoms with van der Waals surface area (Å²) in [7, 11) is 1.60. The lowest BCUT2D eigenvalue weighted by atomic mass is 10.1. The molecule has 0 fully saturated rings. The fourth-order valence-electron chi connectivity index (χ4n) is 1.36. The molecule has 0 bridgehead atoms. The molecule has 0 spiro atoms. The zero-order valence-electron chi connectivity index (χ0n) is 11.2. The second-order valence-electron chi connectivity index (χ2n) is 4.61. The summed E-state index contributed by atoms with van der Waals surface area (Å²) in [6.45, 7) is 4.11. The molecule has 6 heteroatoms. The molecule has 0 radical (unpaired) electrons. The van der Waals surface area contributed by atoms with Crippen molar-refractivity contribution >= 4 is 5.69 Å². The van der Waals surface area contributed by atoms with Gasteiger partial charge in [0, 0.05) is 19.6 Å². The molecule has 0 aliphatic rings. The van der Waals surface area contributed by atoms with Crippen LogP contribution in [0, 0.1) is 21.4 Å². The Labute approximate surface area is 111 Å². The minimum Gasteiger partial charge on any atom is -0.487 e. The van der Waals surface area contributed by atoms with Gasteiger partial charge >= 0.3 is 5.69 Å². The molecule has 1 aromatic carbocycles. The number of ether oxygens (including phenoxy) is 2. The topological polar surface area (TPSA) is 85.4 Å². The summed E-state index contributed by atoms with van der Waals surface area (Å²) in [4.78, 5) is 10.3. The van der Waals surface area contributed by atoms with Gasteiger partial charge in [0.05, 0.1) is 28.8 Å². The third-order valence-corrected chi connectivity index (χ3v) is 2.80. The van der Waals surface area contributed by atoms with Gasteiger partial charge in [-0.05, 0) is 26.0 Å². The number of nitrogens with zero attached hydrogens (tertiary/aromatic N) is 2. The third kappa shape index (κ3) is 4.23. The van der Waals surface area contributed by atoms with Gasteiger partial charge in [-0.2, -0.15) is 5.26 Å². The van der Waals surface area contributed by atoms with Gasteiger partial charge in [-0.15, -0.1) is 0 Å². The number of nitro groups is 1. The molecular formula is C13H16N2O4. The Balaban J connectivity index is 2.79. The molecule has 0 aliphatic heterocycles. The highest BCUT2D eigenvalue weighted by molar-refractivity contribution is 5.51. The van der Waals surface area contributed by atoms with E-state index in [9.17, 15) is 10.1 Å². The first kappa shape index (κ1) is 14.9. The van der Waals surface area contributed by atoms with Gasteiger partial charge in [0.25, 0.3) is 0 Å². The zero-order chi connectivity index (χ0) is 14.5. The molecule has 0 aromatic heterocycles. The van der Waals surface area contributed by atoms with Crippen molar-refractivity contribution in [1.29, 1.82) is 5.26 Å². The SMILES string of the molecule is COC(C)(C)CCOc1ccc(C#N)cc1[N+](=O)[O-]. The molecule has 102 valence electrons. The number of nitriles is 1. The molecule has 0 atom stereocenters. The molecule has 0 aliphatic carbocycles. The summed E-state index contributed by atoms with van der Waals surface area (Å²) in [6, 6.07) is 5.99. The molecule has 0 N–H and O–H groups in total. The van der Waals surface area contributed by atoms with Crippen LogP contribution < -0.4 is 4.74 Å². The van der Waals surface area contributed by atoms with Gasteiger partial charge in [0.1, 0.15) is 0 Å². The first-order chi connectivity index (χ1) is 8.89. The number of hydrogen-bond donors (Lipinski definition) is 0. The van der Waals surface area contributed by atoms with Crippen LogP contribution in [-0.4, -0.2) is 24.2 Å². The first-order valence-electron chi connectivity index (χ1n) is 5.76. The van der Waals surface area contributed by atoms with Crippen molar-refractivity contribution in [3.63, 3.8) is 0 Å². The average Bonchev–Trinajstić information content (AvgIpc) is 2.38. The lowest BCUT2D eigenvalue weighted by Crippen LogP contribution is -2.25. The smallest absolute Gasteiger partial charge is 0.312 e. The van der Waals surface area contributed by atoms with Crippen LogP contribution in [-0.2, 0) is 4.74 Å². The molecule has 0 saturated carbocycles. The van der Waals surface area contributed by atoms with E-state index in [1.54, 1.807) is 7.11 Å². The maximum atomic E-state index is 10.9. The standard InChI is InChI=1S/C13H16N2O4/c1-13(2,18-3)6-7-19-12-5-4-10(9-14)8-11(12)15(16)17/h4-5,8H,6-7H2,1-3H3. The molecule has 0 saturated heterocycles. The van der Waals surface area contributed by atoms with Crippen LogP contribution in [0.4, 0.5) is 5.69 Å². The van der Waals surface area contributed by atoms with Gasteiger partial charge in [0.15, 0.2) is 5.75 Å². The van der Waals surface area contributed by atoms with Crippen LogP contribution in [0.3, 0.4) is 0 Å². The number of methoxy groups -OCH3 is 1. The predicted octanol–water partition coefficient (Wildman–Crippen LogP) is 2.66. The highest BCUT2D eigenvalue weighted by atomic mass is 16.6. The summed E-state index contributed by atoms with van der Waals surface area (Å²) in [5.74, 6) is 0.163. The summed E-state index contributed by atoms with van der Waals surface area (Å²) in [6.07, 6.45) is 0.598. The summed E-state index contributed by atoms with van der Waals surface area (Å²) >= 11 is 0. The highest BCUT2D eigenvalue weighted by Gasteiger charge is 2.19. The Morgan fingerprint density at radius 2 is 2.16 bits per heavy atom. The molecular weight excluding hydrogens is 248 g/mol. The van der Waals surface area contributed by atoms with E-state index in [1.807, 2.05) is 19.9 Å². The van der Waals surface area contributed by atoms with Crippen molar-refractivity contribution < 1.29 is 14.4 Å². The van der Waals surface area contributed by atoms with Crippen molar-refractivity contribution in [2.45, 2.75) is 25.9 Å². The maximum Gasteiger partial charge on any atom is 0.312 e. The lowest BCUT2D eigenvalue weighted by Gasteiger charge is -2.22. The van der Waals surface area contributed by atoms with Crippen molar-refractivity contribution in [2.24, 2.45) is 0 Å². The Bertz CT molecular complexity index is 506. The van der Waals surface area contributed by atoms with Crippen LogP contribution in [0.5, 0.6) is 5.75 Å². The normalized spacial score (nSPS) is 10.8. The number of hydrogen-bond acceptors (Lipinski definition) is 5. The summed E-state index contributed by atoms with van der Waals surface area (Å²) in [5, 5.41) is 19.6. The van der Waals surface area contributed by atoms with E-state index in [-0.39, 0.29) is 22.6 Å². The monoisotopic (exact) mass is 264 g/mol. The van der Waals surface area contributed by atoms with Gasteiger partial charge < -0.3 is 9.47 Å². The Morgan fingerprint density at radius 3 is 2.68 bits per heavy atom. The number of rotatable bonds is 6. The van der Waals surface area contributed by atoms with E-state index in [0.717, 1.165) is 0 Å². The zero-order valence-corrected chi connectivity index (χ0v) is 11.2. The van der Waals surface area contributed by atoms with Crippen LogP contribution in [0.25, 0.3) is 0 Å². The maximum absolute atomic E-state index is 10.9. The first-order valence-corrected chi connectivity index (χ1v) is 5.76. The van der Waals surface area contributed by atoms with Crippen LogP contribution >= 0.6 is 0 Å². The van der Waals surface area contributed by atoms with Gasteiger partial charge in [0.2, 0.25) is 0 Å². The van der Waals surface area contributed by atoms with Crippen molar-refractivity contribution in [3.05, 3.63) is 33.9 Å². The molecule has 6 nitrogen and oxygen atoms in total. The van der Waals surface area contributed by atoms with Crippen molar-refractivity contribution in [1.82, 2.24) is 0 Å². The molecule has 0 heterocycles. The molecule has 0 amide bonds. The van der Waals surface area contributed by atoms with Crippen LogP contribution in [0.15, 0.2) is 18.2 Å². The van der Waals surface area contributed by atoms with Gasteiger partial charge in [-0.3, -0.25) is 10.1 Å². The minimum atomic E-state index is -0.558. The highest BCUT2D eigenvalue weighted by Crippen LogP contribution is 2.28. The minimum absolute atomic E-state index is 0.163. The van der Waals surface area contributed by atoms with E-state index >= 15 is 0 Å². The largest absolute Gasteiger partial charge is 0.487 e.